The van der Waals surface area contributed by atoms with Crippen molar-refractivity contribution in [2.75, 3.05) is 0 Å². The van der Waals surface area contributed by atoms with Crippen LogP contribution in [0.4, 0.5) is 0 Å². The minimum absolute atomic E-state index is 0.226. The highest BCUT2D eigenvalue weighted by Crippen LogP contribution is 2.33. The van der Waals surface area contributed by atoms with Crippen molar-refractivity contribution >= 4 is 29.2 Å². The number of benzene rings is 2. The third kappa shape index (κ3) is 2.55. The quantitative estimate of drug-likeness (QED) is 0.805. The Kier molecular flexibility index (Phi) is 3.27. The van der Waals surface area contributed by atoms with Gasteiger partial charge in [-0.1, -0.05) is 41.4 Å². The Labute approximate surface area is 138 Å². The van der Waals surface area contributed by atoms with Crippen LogP contribution in [0.2, 0.25) is 5.02 Å². The maximum Gasteiger partial charge on any atom is 0.260 e. The van der Waals surface area contributed by atoms with Crippen molar-refractivity contribution in [1.29, 1.82) is 0 Å². The highest BCUT2D eigenvalue weighted by atomic mass is 35.5. The molecule has 4 rings (SSSR count). The van der Waals surface area contributed by atoms with Crippen molar-refractivity contribution in [1.82, 2.24) is 0 Å². The largest absolute Gasteiger partial charge is 0.442 e. The first-order chi connectivity index (χ1) is 11.1. The van der Waals surface area contributed by atoms with Crippen LogP contribution in [-0.4, -0.2) is 17.6 Å². The molecule has 2 aliphatic heterocycles. The zero-order valence-corrected chi connectivity index (χ0v) is 13.2. The van der Waals surface area contributed by atoms with E-state index in [9.17, 15) is 4.79 Å². The van der Waals surface area contributed by atoms with Crippen molar-refractivity contribution < 1.29 is 9.53 Å². The van der Waals surface area contributed by atoms with E-state index in [2.05, 4.69) is 9.98 Å². The van der Waals surface area contributed by atoms with Gasteiger partial charge < -0.3 is 4.74 Å². The van der Waals surface area contributed by atoms with Gasteiger partial charge in [0.2, 0.25) is 5.90 Å². The van der Waals surface area contributed by atoms with Gasteiger partial charge >= 0.3 is 0 Å². The van der Waals surface area contributed by atoms with E-state index in [1.807, 2.05) is 37.3 Å². The van der Waals surface area contributed by atoms with Gasteiger partial charge in [0.25, 0.3) is 5.91 Å². The van der Waals surface area contributed by atoms with Crippen LogP contribution in [0.25, 0.3) is 0 Å². The summed E-state index contributed by atoms with van der Waals surface area (Å²) in [6.45, 7) is 2.01. The molecule has 0 saturated carbocycles. The molecule has 114 valence electrons. The van der Waals surface area contributed by atoms with Crippen molar-refractivity contribution in [3.05, 3.63) is 64.2 Å². The summed E-state index contributed by atoms with van der Waals surface area (Å²) < 4.78 is 5.83. The average molecular weight is 325 g/mol. The van der Waals surface area contributed by atoms with Gasteiger partial charge in [0.05, 0.1) is 0 Å². The van der Waals surface area contributed by atoms with Gasteiger partial charge in [-0.05, 0) is 37.1 Å². The fourth-order valence-electron chi connectivity index (χ4n) is 2.74. The van der Waals surface area contributed by atoms with Gasteiger partial charge in [-0.2, -0.15) is 9.98 Å². The molecule has 1 unspecified atom stereocenters. The number of rotatable bonds is 1. The predicted octanol–water partition coefficient (Wildman–Crippen LogP) is 3.59. The molecular weight excluding hydrogens is 312 g/mol. The zero-order chi connectivity index (χ0) is 16.0. The Morgan fingerprint density at radius 3 is 2.70 bits per heavy atom. The first kappa shape index (κ1) is 14.2. The third-order valence-electron chi connectivity index (χ3n) is 4.00. The molecule has 0 spiro atoms. The molecule has 2 aromatic carbocycles. The zero-order valence-electron chi connectivity index (χ0n) is 12.4. The van der Waals surface area contributed by atoms with E-state index < -0.39 is 5.92 Å². The van der Waals surface area contributed by atoms with Crippen molar-refractivity contribution in [2.24, 2.45) is 15.9 Å². The van der Waals surface area contributed by atoms with E-state index in [0.717, 1.165) is 16.7 Å². The molecule has 4 nitrogen and oxygen atoms in total. The number of aryl methyl sites for hydroxylation is 1. The SMILES string of the molecule is Cc1ccc(C2=NC(=O)C3Cc4cc(Cl)ccc4OC3=N2)cc1. The number of carbonyl (C=O) groups is 1. The van der Waals surface area contributed by atoms with Crippen LogP contribution in [0.15, 0.2) is 52.4 Å². The normalized spacial score (nSPS) is 19.2. The van der Waals surface area contributed by atoms with Crippen LogP contribution in [0.5, 0.6) is 5.75 Å². The Morgan fingerprint density at radius 1 is 1.13 bits per heavy atom. The summed E-state index contributed by atoms with van der Waals surface area (Å²) in [6.07, 6.45) is 0.512. The minimum Gasteiger partial charge on any atom is -0.442 e. The number of carbonyl (C=O) groups excluding carboxylic acids is 1. The summed E-state index contributed by atoms with van der Waals surface area (Å²) in [5.41, 5.74) is 2.85. The van der Waals surface area contributed by atoms with Crippen molar-refractivity contribution in [2.45, 2.75) is 13.3 Å². The molecule has 2 aromatic rings. The second kappa shape index (κ2) is 5.32. The molecule has 5 heteroatoms. The summed E-state index contributed by atoms with van der Waals surface area (Å²) in [7, 11) is 0. The summed E-state index contributed by atoms with van der Waals surface area (Å²) >= 11 is 6.01. The Hall–Kier alpha value is -2.46. The molecule has 1 atom stereocenters. The van der Waals surface area contributed by atoms with Gasteiger partial charge in [-0.25, -0.2) is 0 Å². The van der Waals surface area contributed by atoms with Crippen LogP contribution < -0.4 is 4.74 Å². The topological polar surface area (TPSA) is 51.0 Å². The maximum absolute atomic E-state index is 12.4. The van der Waals surface area contributed by atoms with E-state index in [4.69, 9.17) is 16.3 Å². The first-order valence-electron chi connectivity index (χ1n) is 7.34. The van der Waals surface area contributed by atoms with E-state index in [0.29, 0.717) is 28.9 Å². The fourth-order valence-corrected chi connectivity index (χ4v) is 2.93. The number of amidine groups is 1. The van der Waals surface area contributed by atoms with Gasteiger partial charge in [-0.15, -0.1) is 0 Å². The second-order valence-electron chi connectivity index (χ2n) is 5.70. The number of nitrogens with zero attached hydrogens (tertiary/aromatic N) is 2. The smallest absolute Gasteiger partial charge is 0.260 e. The first-order valence-corrected chi connectivity index (χ1v) is 7.72. The highest BCUT2D eigenvalue weighted by molar-refractivity contribution is 6.30. The van der Waals surface area contributed by atoms with Crippen molar-refractivity contribution in [3.63, 3.8) is 0 Å². The number of hydrogen-bond donors (Lipinski definition) is 0. The highest BCUT2D eigenvalue weighted by Gasteiger charge is 2.35. The molecule has 0 N–H and O–H groups in total. The number of hydrogen-bond acceptors (Lipinski definition) is 3. The monoisotopic (exact) mass is 324 g/mol. The summed E-state index contributed by atoms with van der Waals surface area (Å²) in [6, 6.07) is 13.1. The average Bonchev–Trinajstić information content (AvgIpc) is 2.54. The van der Waals surface area contributed by atoms with Gasteiger partial charge in [0, 0.05) is 10.6 Å². The fraction of sp³-hybridized carbons (Fsp3) is 0.167. The van der Waals surface area contributed by atoms with Crippen LogP contribution in [0, 0.1) is 12.8 Å². The van der Waals surface area contributed by atoms with E-state index in [-0.39, 0.29) is 5.91 Å². The number of fused-ring (bicyclic) bond motifs is 2. The Balaban J connectivity index is 1.72. The van der Waals surface area contributed by atoms with E-state index in [1.54, 1.807) is 12.1 Å². The number of amides is 1. The molecule has 0 aliphatic carbocycles. The molecule has 0 aromatic heterocycles. The molecule has 0 saturated heterocycles. The summed E-state index contributed by atoms with van der Waals surface area (Å²) in [4.78, 5) is 21.0. The lowest BCUT2D eigenvalue weighted by Crippen LogP contribution is -2.37. The maximum atomic E-state index is 12.4. The van der Waals surface area contributed by atoms with Crippen LogP contribution in [-0.2, 0) is 11.2 Å². The molecule has 0 bridgehead atoms. The lowest BCUT2D eigenvalue weighted by Gasteiger charge is -2.26. The van der Waals surface area contributed by atoms with Gasteiger partial charge in [0.15, 0.2) is 5.84 Å². The molecular formula is C18H13ClN2O2. The lowest BCUT2D eigenvalue weighted by molar-refractivity contribution is -0.120. The lowest BCUT2D eigenvalue weighted by atomic mass is 9.94. The molecule has 2 aliphatic rings. The number of aliphatic imine (C=N–C) groups is 2. The third-order valence-corrected chi connectivity index (χ3v) is 4.23. The van der Waals surface area contributed by atoms with Crippen LogP contribution >= 0.6 is 11.6 Å². The molecule has 0 fully saturated rings. The molecule has 1 amide bonds. The number of ether oxygens (including phenoxy) is 1. The van der Waals surface area contributed by atoms with Gasteiger partial charge in [0.1, 0.15) is 11.7 Å². The van der Waals surface area contributed by atoms with Crippen LogP contribution in [0.1, 0.15) is 16.7 Å². The standard InChI is InChI=1S/C18H13ClN2O2/c1-10-2-4-11(5-3-10)16-20-17(22)14-9-12-8-13(19)6-7-15(12)23-18(14)21-16/h2-8,14H,9H2,1H3. The van der Waals surface area contributed by atoms with Crippen LogP contribution in [0.3, 0.4) is 0 Å². The van der Waals surface area contributed by atoms with E-state index >= 15 is 0 Å². The van der Waals surface area contributed by atoms with E-state index in [1.165, 1.54) is 0 Å². The predicted molar refractivity (Wildman–Crippen MR) is 89.4 cm³/mol. The Bertz CT molecular complexity index is 869. The molecule has 2 heterocycles. The summed E-state index contributed by atoms with van der Waals surface area (Å²) in [5, 5.41) is 0.625. The molecule has 0 radical (unpaired) electrons. The summed E-state index contributed by atoms with van der Waals surface area (Å²) in [5.74, 6) is 0.822. The number of halogens is 1. The van der Waals surface area contributed by atoms with Crippen molar-refractivity contribution in [3.8, 4) is 5.75 Å². The minimum atomic E-state index is -0.463. The van der Waals surface area contributed by atoms with Gasteiger partial charge in [-0.3, -0.25) is 4.79 Å². The molecule has 23 heavy (non-hydrogen) atoms. The Morgan fingerprint density at radius 2 is 1.91 bits per heavy atom. The second-order valence-corrected chi connectivity index (χ2v) is 6.14.